The van der Waals surface area contributed by atoms with Crippen molar-refractivity contribution in [3.63, 3.8) is 0 Å². The van der Waals surface area contributed by atoms with Crippen LogP contribution in [0.15, 0.2) is 36.4 Å². The average Bonchev–Trinajstić information content (AvgIpc) is 2.67. The quantitative estimate of drug-likeness (QED) is 0.801. The van der Waals surface area contributed by atoms with Gasteiger partial charge in [0.15, 0.2) is 0 Å². The second-order valence-electron chi connectivity index (χ2n) is 7.33. The number of benzene rings is 2. The molecule has 0 atom stereocenters. The van der Waals surface area contributed by atoms with Gasteiger partial charge < -0.3 is 10.1 Å². The molecule has 0 aromatic heterocycles. The summed E-state index contributed by atoms with van der Waals surface area (Å²) < 4.78 is 5.49. The SMILES string of the molecule is COc1ccc(C)cc1CN1CCN(CC(=O)Nc2cccc(Cl)c2C)CC1. The summed E-state index contributed by atoms with van der Waals surface area (Å²) in [6.07, 6.45) is 0. The first kappa shape index (κ1) is 20.6. The van der Waals surface area contributed by atoms with E-state index in [2.05, 4.69) is 34.2 Å². The fraction of sp³-hybridized carbons (Fsp3) is 0.409. The number of carbonyl (C=O) groups excluding carboxylic acids is 1. The predicted octanol–water partition coefficient (Wildman–Crippen LogP) is 3.72. The number of carbonyl (C=O) groups is 1. The number of halogens is 1. The minimum Gasteiger partial charge on any atom is -0.496 e. The van der Waals surface area contributed by atoms with Gasteiger partial charge in [-0.25, -0.2) is 0 Å². The van der Waals surface area contributed by atoms with Gasteiger partial charge in [-0.05, 0) is 37.6 Å². The van der Waals surface area contributed by atoms with E-state index >= 15 is 0 Å². The Balaban J connectivity index is 1.49. The van der Waals surface area contributed by atoms with Crippen LogP contribution >= 0.6 is 11.6 Å². The van der Waals surface area contributed by atoms with Crippen molar-refractivity contribution in [1.82, 2.24) is 9.80 Å². The summed E-state index contributed by atoms with van der Waals surface area (Å²) in [4.78, 5) is 17.0. The standard InChI is InChI=1S/C22H28ClN3O2/c1-16-7-8-21(28-3)18(13-16)14-25-9-11-26(12-10-25)15-22(27)24-20-6-4-5-19(23)17(20)2/h4-8,13H,9-12,14-15H2,1-3H3,(H,24,27). The molecule has 0 radical (unpaired) electrons. The van der Waals surface area contributed by atoms with E-state index in [0.717, 1.165) is 49.7 Å². The summed E-state index contributed by atoms with van der Waals surface area (Å²) in [6, 6.07) is 11.8. The van der Waals surface area contributed by atoms with E-state index < -0.39 is 0 Å². The van der Waals surface area contributed by atoms with Gasteiger partial charge in [0.25, 0.3) is 0 Å². The van der Waals surface area contributed by atoms with E-state index in [0.29, 0.717) is 11.6 Å². The smallest absolute Gasteiger partial charge is 0.238 e. The van der Waals surface area contributed by atoms with E-state index in [1.165, 1.54) is 11.1 Å². The molecule has 150 valence electrons. The van der Waals surface area contributed by atoms with Gasteiger partial charge in [0, 0.05) is 49.0 Å². The second kappa shape index (κ2) is 9.41. The molecule has 1 N–H and O–H groups in total. The van der Waals surface area contributed by atoms with Crippen molar-refractivity contribution in [1.29, 1.82) is 0 Å². The lowest BCUT2D eigenvalue weighted by atomic mass is 10.1. The summed E-state index contributed by atoms with van der Waals surface area (Å²) in [6.45, 7) is 8.88. The van der Waals surface area contributed by atoms with Gasteiger partial charge in [0.05, 0.1) is 13.7 Å². The van der Waals surface area contributed by atoms with Crippen LogP contribution in [0.4, 0.5) is 5.69 Å². The molecule has 0 saturated carbocycles. The number of nitrogens with one attached hydrogen (secondary N) is 1. The third-order valence-electron chi connectivity index (χ3n) is 5.20. The van der Waals surface area contributed by atoms with Crippen LogP contribution in [0, 0.1) is 13.8 Å². The van der Waals surface area contributed by atoms with Crippen molar-refractivity contribution in [3.05, 3.63) is 58.1 Å². The Morgan fingerprint density at radius 2 is 1.82 bits per heavy atom. The van der Waals surface area contributed by atoms with Gasteiger partial charge in [-0.3, -0.25) is 14.6 Å². The largest absolute Gasteiger partial charge is 0.496 e. The number of amides is 1. The maximum atomic E-state index is 12.4. The summed E-state index contributed by atoms with van der Waals surface area (Å²) in [5, 5.41) is 3.64. The maximum Gasteiger partial charge on any atom is 0.238 e. The number of hydrogen-bond donors (Lipinski definition) is 1. The van der Waals surface area contributed by atoms with Crippen LogP contribution in [0.25, 0.3) is 0 Å². The van der Waals surface area contributed by atoms with Gasteiger partial charge in [0.2, 0.25) is 5.91 Å². The molecule has 1 aliphatic rings. The number of piperazine rings is 1. The lowest BCUT2D eigenvalue weighted by Gasteiger charge is -2.34. The van der Waals surface area contributed by atoms with Gasteiger partial charge in [-0.2, -0.15) is 0 Å². The Labute approximate surface area is 172 Å². The zero-order valence-electron chi connectivity index (χ0n) is 16.8. The fourth-order valence-corrected chi connectivity index (χ4v) is 3.69. The molecule has 1 heterocycles. The molecule has 1 saturated heterocycles. The monoisotopic (exact) mass is 401 g/mol. The second-order valence-corrected chi connectivity index (χ2v) is 7.74. The van der Waals surface area contributed by atoms with Crippen LogP contribution < -0.4 is 10.1 Å². The molecule has 2 aromatic rings. The predicted molar refractivity (Wildman–Crippen MR) is 114 cm³/mol. The Kier molecular flexibility index (Phi) is 6.94. The van der Waals surface area contributed by atoms with Crippen molar-refractivity contribution in [3.8, 4) is 5.75 Å². The molecular formula is C22H28ClN3O2. The van der Waals surface area contributed by atoms with E-state index in [-0.39, 0.29) is 5.91 Å². The third-order valence-corrected chi connectivity index (χ3v) is 5.61. The highest BCUT2D eigenvalue weighted by molar-refractivity contribution is 6.31. The number of ether oxygens (including phenoxy) is 1. The number of hydrogen-bond acceptors (Lipinski definition) is 4. The highest BCUT2D eigenvalue weighted by Gasteiger charge is 2.20. The van der Waals surface area contributed by atoms with Crippen LogP contribution in [0.3, 0.4) is 0 Å². The van der Waals surface area contributed by atoms with Crippen LogP contribution in [0.1, 0.15) is 16.7 Å². The molecule has 6 heteroatoms. The van der Waals surface area contributed by atoms with Crippen LogP contribution in [0.5, 0.6) is 5.75 Å². The molecule has 2 aromatic carbocycles. The van der Waals surface area contributed by atoms with Crippen molar-refractivity contribution in [2.24, 2.45) is 0 Å². The molecule has 1 aliphatic heterocycles. The van der Waals surface area contributed by atoms with Crippen LogP contribution in [-0.2, 0) is 11.3 Å². The van der Waals surface area contributed by atoms with Gasteiger partial charge >= 0.3 is 0 Å². The molecule has 0 aliphatic carbocycles. The summed E-state index contributed by atoms with van der Waals surface area (Å²) in [5.41, 5.74) is 4.13. The summed E-state index contributed by atoms with van der Waals surface area (Å²) in [7, 11) is 1.71. The van der Waals surface area contributed by atoms with E-state index in [4.69, 9.17) is 16.3 Å². The Morgan fingerprint density at radius 1 is 1.11 bits per heavy atom. The number of nitrogens with zero attached hydrogens (tertiary/aromatic N) is 2. The van der Waals surface area contributed by atoms with E-state index in [9.17, 15) is 4.79 Å². The first-order valence-electron chi connectivity index (χ1n) is 9.59. The molecule has 5 nitrogen and oxygen atoms in total. The highest BCUT2D eigenvalue weighted by Crippen LogP contribution is 2.23. The van der Waals surface area contributed by atoms with Crippen LogP contribution in [0.2, 0.25) is 5.02 Å². The molecular weight excluding hydrogens is 374 g/mol. The lowest BCUT2D eigenvalue weighted by Crippen LogP contribution is -2.48. The van der Waals surface area contributed by atoms with E-state index in [1.807, 2.05) is 31.2 Å². The van der Waals surface area contributed by atoms with Crippen molar-refractivity contribution in [2.75, 3.05) is 45.2 Å². The molecule has 1 fully saturated rings. The molecule has 0 unspecified atom stereocenters. The molecule has 0 bridgehead atoms. The zero-order valence-corrected chi connectivity index (χ0v) is 17.6. The molecule has 28 heavy (non-hydrogen) atoms. The third kappa shape index (κ3) is 5.25. The van der Waals surface area contributed by atoms with Crippen molar-refractivity contribution >= 4 is 23.2 Å². The minimum atomic E-state index is -0.000768. The molecule has 0 spiro atoms. The number of anilines is 1. The summed E-state index contributed by atoms with van der Waals surface area (Å²) >= 11 is 6.13. The van der Waals surface area contributed by atoms with Crippen molar-refractivity contribution in [2.45, 2.75) is 20.4 Å². The fourth-order valence-electron chi connectivity index (χ4n) is 3.51. The Bertz CT molecular complexity index is 833. The zero-order chi connectivity index (χ0) is 20.1. The number of aryl methyl sites for hydroxylation is 1. The highest BCUT2D eigenvalue weighted by atomic mass is 35.5. The lowest BCUT2D eigenvalue weighted by molar-refractivity contribution is -0.117. The van der Waals surface area contributed by atoms with Crippen LogP contribution in [-0.4, -0.2) is 55.5 Å². The molecule has 1 amide bonds. The minimum absolute atomic E-state index is 0.000768. The van der Waals surface area contributed by atoms with Crippen molar-refractivity contribution < 1.29 is 9.53 Å². The maximum absolute atomic E-state index is 12.4. The Hall–Kier alpha value is -2.08. The molecule has 3 rings (SSSR count). The topological polar surface area (TPSA) is 44.8 Å². The summed E-state index contributed by atoms with van der Waals surface area (Å²) in [5.74, 6) is 0.934. The van der Waals surface area contributed by atoms with E-state index in [1.54, 1.807) is 7.11 Å². The normalized spacial score (nSPS) is 15.4. The van der Waals surface area contributed by atoms with Gasteiger partial charge in [-0.15, -0.1) is 0 Å². The average molecular weight is 402 g/mol. The Morgan fingerprint density at radius 3 is 2.54 bits per heavy atom. The number of methoxy groups -OCH3 is 1. The van der Waals surface area contributed by atoms with Gasteiger partial charge in [-0.1, -0.05) is 35.4 Å². The van der Waals surface area contributed by atoms with Gasteiger partial charge in [0.1, 0.15) is 5.75 Å². The first-order chi connectivity index (χ1) is 13.5. The number of rotatable bonds is 6. The first-order valence-corrected chi connectivity index (χ1v) is 9.97.